The molecule has 1 aliphatic carbocycles. The van der Waals surface area contributed by atoms with E-state index in [2.05, 4.69) is 32.1 Å². The average molecular weight is 236 g/mol. The first kappa shape index (κ1) is 14.0. The van der Waals surface area contributed by atoms with Crippen molar-refractivity contribution in [2.75, 3.05) is 7.11 Å². The Morgan fingerprint density at radius 1 is 1.53 bits per heavy atom. The quantitative estimate of drug-likeness (QED) is 0.535. The number of hydrogen-bond donors (Lipinski definition) is 0. The second kappa shape index (κ2) is 7.31. The maximum atomic E-state index is 11.5. The molecule has 0 unspecified atom stereocenters. The third-order valence-corrected chi connectivity index (χ3v) is 3.32. The molecule has 0 saturated carbocycles. The highest BCUT2D eigenvalue weighted by Crippen LogP contribution is 2.26. The minimum absolute atomic E-state index is 0.0465. The van der Waals surface area contributed by atoms with E-state index in [0.29, 0.717) is 5.92 Å². The van der Waals surface area contributed by atoms with Crippen molar-refractivity contribution < 1.29 is 9.53 Å². The van der Waals surface area contributed by atoms with Crippen molar-refractivity contribution in [3.63, 3.8) is 0 Å². The van der Waals surface area contributed by atoms with Gasteiger partial charge in [-0.1, -0.05) is 37.1 Å². The van der Waals surface area contributed by atoms with Gasteiger partial charge in [0.05, 0.1) is 13.0 Å². The van der Waals surface area contributed by atoms with Gasteiger partial charge in [-0.25, -0.2) is 0 Å². The van der Waals surface area contributed by atoms with Gasteiger partial charge < -0.3 is 4.74 Å². The molecule has 96 valence electrons. The molecule has 0 bridgehead atoms. The Morgan fingerprint density at radius 2 is 2.29 bits per heavy atom. The molecule has 0 spiro atoms. The third-order valence-electron chi connectivity index (χ3n) is 3.32. The maximum Gasteiger partial charge on any atom is 0.308 e. The SMILES string of the molecule is CCCC/C(C)=C/[C@H]1C=CC[C@@H](C(=O)OC)C1. The molecule has 1 aliphatic rings. The lowest BCUT2D eigenvalue weighted by atomic mass is 9.85. The summed E-state index contributed by atoms with van der Waals surface area (Å²) in [6.45, 7) is 4.40. The fourth-order valence-corrected chi connectivity index (χ4v) is 2.31. The largest absolute Gasteiger partial charge is 0.469 e. The van der Waals surface area contributed by atoms with Crippen molar-refractivity contribution in [3.05, 3.63) is 23.8 Å². The number of ether oxygens (including phenoxy) is 1. The summed E-state index contributed by atoms with van der Waals surface area (Å²) in [5.74, 6) is 0.383. The molecular weight excluding hydrogens is 212 g/mol. The molecule has 0 saturated heterocycles. The zero-order valence-electron chi connectivity index (χ0n) is 11.2. The van der Waals surface area contributed by atoms with Crippen LogP contribution in [0.15, 0.2) is 23.8 Å². The van der Waals surface area contributed by atoms with E-state index in [9.17, 15) is 4.79 Å². The van der Waals surface area contributed by atoms with E-state index in [4.69, 9.17) is 4.74 Å². The summed E-state index contributed by atoms with van der Waals surface area (Å²) >= 11 is 0. The number of carbonyl (C=O) groups excluding carboxylic acids is 1. The van der Waals surface area contributed by atoms with E-state index in [0.717, 1.165) is 12.8 Å². The summed E-state index contributed by atoms with van der Waals surface area (Å²) in [4.78, 5) is 11.5. The van der Waals surface area contributed by atoms with Crippen LogP contribution in [0.25, 0.3) is 0 Å². The molecule has 0 amide bonds. The third kappa shape index (κ3) is 4.76. The van der Waals surface area contributed by atoms with E-state index in [-0.39, 0.29) is 11.9 Å². The van der Waals surface area contributed by atoms with Gasteiger partial charge in [0.15, 0.2) is 0 Å². The van der Waals surface area contributed by atoms with Gasteiger partial charge in [-0.15, -0.1) is 0 Å². The van der Waals surface area contributed by atoms with E-state index in [1.807, 2.05) is 0 Å². The highest BCUT2D eigenvalue weighted by Gasteiger charge is 2.23. The van der Waals surface area contributed by atoms with Crippen molar-refractivity contribution in [2.24, 2.45) is 11.8 Å². The standard InChI is InChI=1S/C15H24O2/c1-4-5-7-12(2)10-13-8-6-9-14(11-13)15(16)17-3/h6,8,10,13-14H,4-5,7,9,11H2,1-3H3/b12-10+/t13-,14-/m1/s1. The topological polar surface area (TPSA) is 26.3 Å². The van der Waals surface area contributed by atoms with Crippen LogP contribution in [0.4, 0.5) is 0 Å². The minimum atomic E-state index is -0.0704. The first-order valence-corrected chi connectivity index (χ1v) is 6.59. The second-order valence-corrected chi connectivity index (χ2v) is 4.90. The van der Waals surface area contributed by atoms with Crippen LogP contribution in [0, 0.1) is 11.8 Å². The molecule has 0 N–H and O–H groups in total. The van der Waals surface area contributed by atoms with Crippen LogP contribution in [0.5, 0.6) is 0 Å². The zero-order chi connectivity index (χ0) is 12.7. The highest BCUT2D eigenvalue weighted by molar-refractivity contribution is 5.72. The van der Waals surface area contributed by atoms with Gasteiger partial charge in [-0.2, -0.15) is 0 Å². The maximum absolute atomic E-state index is 11.5. The Labute approximate surface area is 105 Å². The van der Waals surface area contributed by atoms with Gasteiger partial charge >= 0.3 is 5.97 Å². The van der Waals surface area contributed by atoms with Crippen molar-refractivity contribution >= 4 is 5.97 Å². The number of hydrogen-bond acceptors (Lipinski definition) is 2. The first-order valence-electron chi connectivity index (χ1n) is 6.59. The summed E-state index contributed by atoms with van der Waals surface area (Å²) in [5, 5.41) is 0. The Bertz CT molecular complexity index is 302. The predicted octanol–water partition coefficient (Wildman–Crippen LogP) is 3.88. The molecular formula is C15H24O2. The van der Waals surface area contributed by atoms with Gasteiger partial charge in [-0.3, -0.25) is 4.79 Å². The lowest BCUT2D eigenvalue weighted by Crippen LogP contribution is -2.20. The molecule has 0 radical (unpaired) electrons. The van der Waals surface area contributed by atoms with Crippen LogP contribution >= 0.6 is 0 Å². The van der Waals surface area contributed by atoms with Crippen molar-refractivity contribution in [1.82, 2.24) is 0 Å². The average Bonchev–Trinajstić information content (AvgIpc) is 2.35. The molecule has 0 aliphatic heterocycles. The van der Waals surface area contributed by atoms with Gasteiger partial charge in [0, 0.05) is 0 Å². The van der Waals surface area contributed by atoms with E-state index < -0.39 is 0 Å². The first-order chi connectivity index (χ1) is 8.17. The Hall–Kier alpha value is -1.05. The van der Waals surface area contributed by atoms with Crippen molar-refractivity contribution in [3.8, 4) is 0 Å². The Kier molecular flexibility index (Phi) is 6.03. The Morgan fingerprint density at radius 3 is 2.94 bits per heavy atom. The van der Waals surface area contributed by atoms with Gasteiger partial charge in [-0.05, 0) is 38.5 Å². The van der Waals surface area contributed by atoms with Gasteiger partial charge in [0.1, 0.15) is 0 Å². The molecule has 2 heteroatoms. The smallest absolute Gasteiger partial charge is 0.308 e. The summed E-state index contributed by atoms with van der Waals surface area (Å²) < 4.78 is 4.81. The van der Waals surface area contributed by atoms with Crippen LogP contribution in [-0.2, 0) is 9.53 Å². The summed E-state index contributed by atoms with van der Waals surface area (Å²) in [6, 6.07) is 0. The summed E-state index contributed by atoms with van der Waals surface area (Å²) in [6.07, 6.45) is 12.0. The van der Waals surface area contributed by atoms with Crippen LogP contribution in [0.2, 0.25) is 0 Å². The van der Waals surface area contributed by atoms with Crippen LogP contribution in [0.3, 0.4) is 0 Å². The van der Waals surface area contributed by atoms with E-state index in [1.54, 1.807) is 0 Å². The van der Waals surface area contributed by atoms with Crippen LogP contribution < -0.4 is 0 Å². The van der Waals surface area contributed by atoms with Crippen molar-refractivity contribution in [2.45, 2.75) is 46.0 Å². The molecule has 17 heavy (non-hydrogen) atoms. The van der Waals surface area contributed by atoms with E-state index >= 15 is 0 Å². The molecule has 0 aromatic heterocycles. The molecule has 0 heterocycles. The van der Waals surface area contributed by atoms with Crippen LogP contribution in [0.1, 0.15) is 46.0 Å². The van der Waals surface area contributed by atoms with E-state index in [1.165, 1.54) is 31.9 Å². The van der Waals surface area contributed by atoms with Gasteiger partial charge in [0.2, 0.25) is 0 Å². The monoisotopic (exact) mass is 236 g/mol. The van der Waals surface area contributed by atoms with Gasteiger partial charge in [0.25, 0.3) is 0 Å². The predicted molar refractivity (Wildman–Crippen MR) is 70.7 cm³/mol. The molecule has 0 aromatic carbocycles. The minimum Gasteiger partial charge on any atom is -0.469 e. The number of methoxy groups -OCH3 is 1. The highest BCUT2D eigenvalue weighted by atomic mass is 16.5. The lowest BCUT2D eigenvalue weighted by Gasteiger charge is -2.21. The van der Waals surface area contributed by atoms with Crippen molar-refractivity contribution in [1.29, 1.82) is 0 Å². The summed E-state index contributed by atoms with van der Waals surface area (Å²) in [5.41, 5.74) is 1.44. The molecule has 0 fully saturated rings. The number of esters is 1. The van der Waals surface area contributed by atoms with Crippen LogP contribution in [-0.4, -0.2) is 13.1 Å². The zero-order valence-corrected chi connectivity index (χ0v) is 11.2. The number of carbonyl (C=O) groups is 1. The molecule has 1 rings (SSSR count). The lowest BCUT2D eigenvalue weighted by molar-refractivity contribution is -0.145. The second-order valence-electron chi connectivity index (χ2n) is 4.90. The summed E-state index contributed by atoms with van der Waals surface area (Å²) in [7, 11) is 1.47. The fourth-order valence-electron chi connectivity index (χ4n) is 2.31. The normalized spacial score (nSPS) is 24.8. The molecule has 2 atom stereocenters. The number of rotatable bonds is 5. The number of unbranched alkanes of at least 4 members (excludes halogenated alkanes) is 1. The molecule has 2 nitrogen and oxygen atoms in total. The number of allylic oxidation sites excluding steroid dienone is 4. The molecule has 0 aromatic rings. The Balaban J connectivity index is 2.52. The fraction of sp³-hybridized carbons (Fsp3) is 0.667.